The summed E-state index contributed by atoms with van der Waals surface area (Å²) in [6.45, 7) is 0. The van der Waals surface area contributed by atoms with E-state index in [-0.39, 0.29) is 0 Å². The standard InChI is InChI=1S/C6H4N2S/c1-2-4-8-6(3-1)5-7-9-8/h1,4-5,7H. The van der Waals surface area contributed by atoms with Crippen LogP contribution in [0.5, 0.6) is 0 Å². The van der Waals surface area contributed by atoms with Crippen LogP contribution < -0.4 is 4.72 Å². The van der Waals surface area contributed by atoms with Gasteiger partial charge in [-0.15, -0.1) is 0 Å². The Bertz CT molecular complexity index is 202. The SMILES string of the molecule is [C]1=C[C]=CN2SNC=C12. The van der Waals surface area contributed by atoms with Gasteiger partial charge in [0.1, 0.15) is 0 Å². The summed E-state index contributed by atoms with van der Waals surface area (Å²) in [5, 5.41) is 0. The molecule has 0 bridgehead atoms. The van der Waals surface area contributed by atoms with E-state index in [4.69, 9.17) is 0 Å². The van der Waals surface area contributed by atoms with Crippen molar-refractivity contribution in [2.45, 2.75) is 0 Å². The van der Waals surface area contributed by atoms with Crippen molar-refractivity contribution in [1.29, 1.82) is 0 Å². The van der Waals surface area contributed by atoms with Crippen molar-refractivity contribution in [2.24, 2.45) is 0 Å². The van der Waals surface area contributed by atoms with E-state index in [2.05, 4.69) is 16.9 Å². The van der Waals surface area contributed by atoms with Crippen LogP contribution in [0.1, 0.15) is 0 Å². The maximum absolute atomic E-state index is 3.02. The Morgan fingerprint density at radius 1 is 1.67 bits per heavy atom. The van der Waals surface area contributed by atoms with Crippen molar-refractivity contribution >= 4 is 12.1 Å². The Labute approximate surface area is 58.2 Å². The van der Waals surface area contributed by atoms with Gasteiger partial charge in [-0.25, -0.2) is 0 Å². The summed E-state index contributed by atoms with van der Waals surface area (Å²) in [7, 11) is 0. The molecule has 0 spiro atoms. The summed E-state index contributed by atoms with van der Waals surface area (Å²) < 4.78 is 4.95. The lowest BCUT2D eigenvalue weighted by Gasteiger charge is -2.11. The fourth-order valence-corrected chi connectivity index (χ4v) is 1.27. The van der Waals surface area contributed by atoms with Gasteiger partial charge in [-0.05, 0) is 6.08 Å². The van der Waals surface area contributed by atoms with E-state index in [0.29, 0.717) is 0 Å². The highest BCUT2D eigenvalue weighted by Gasteiger charge is 2.12. The minimum absolute atomic E-state index is 1.05. The molecule has 44 valence electrons. The van der Waals surface area contributed by atoms with Gasteiger partial charge in [-0.1, -0.05) is 0 Å². The number of hydrogen-bond donors (Lipinski definition) is 1. The highest BCUT2D eigenvalue weighted by molar-refractivity contribution is 7.95. The molecule has 0 fully saturated rings. The molecule has 0 aliphatic carbocycles. The van der Waals surface area contributed by atoms with E-state index in [0.717, 1.165) is 5.70 Å². The highest BCUT2D eigenvalue weighted by atomic mass is 32.2. The second-order valence-corrected chi connectivity index (χ2v) is 2.46. The zero-order valence-corrected chi connectivity index (χ0v) is 5.40. The van der Waals surface area contributed by atoms with Crippen molar-refractivity contribution in [3.05, 3.63) is 36.3 Å². The number of rotatable bonds is 0. The number of hydrogen-bond acceptors (Lipinski definition) is 3. The summed E-state index contributed by atoms with van der Waals surface area (Å²) in [5.74, 6) is 0. The molecule has 2 rings (SSSR count). The van der Waals surface area contributed by atoms with E-state index in [9.17, 15) is 0 Å². The second kappa shape index (κ2) is 1.84. The first-order valence-electron chi connectivity index (χ1n) is 2.56. The third kappa shape index (κ3) is 0.733. The molecule has 0 amide bonds. The van der Waals surface area contributed by atoms with Gasteiger partial charge in [-0.2, -0.15) is 0 Å². The molecule has 1 N–H and O–H groups in total. The van der Waals surface area contributed by atoms with Crippen LogP contribution in [0.25, 0.3) is 0 Å². The van der Waals surface area contributed by atoms with Crippen LogP contribution in [-0.4, -0.2) is 4.31 Å². The smallest absolute Gasteiger partial charge is 0.0780 e. The summed E-state index contributed by atoms with van der Waals surface area (Å²) >= 11 is 1.52. The fraction of sp³-hybridized carbons (Fsp3) is 0. The maximum Gasteiger partial charge on any atom is 0.0780 e. The van der Waals surface area contributed by atoms with Crippen LogP contribution in [-0.2, 0) is 0 Å². The summed E-state index contributed by atoms with van der Waals surface area (Å²) in [6.07, 6.45) is 11.5. The molecule has 0 aromatic rings. The second-order valence-electron chi connectivity index (χ2n) is 1.65. The molecule has 0 saturated heterocycles. The first kappa shape index (κ1) is 4.99. The first-order chi connectivity index (χ1) is 4.47. The number of nitrogens with zero attached hydrogens (tertiary/aromatic N) is 1. The molecule has 0 saturated carbocycles. The van der Waals surface area contributed by atoms with Gasteiger partial charge in [0.15, 0.2) is 0 Å². The highest BCUT2D eigenvalue weighted by Crippen LogP contribution is 2.23. The fourth-order valence-electron chi connectivity index (χ4n) is 0.673. The van der Waals surface area contributed by atoms with Crippen LogP contribution in [0.2, 0.25) is 0 Å². The van der Waals surface area contributed by atoms with Crippen molar-refractivity contribution < 1.29 is 0 Å². The number of allylic oxidation sites excluding steroid dienone is 3. The zero-order chi connectivity index (χ0) is 6.10. The third-order valence-corrected chi connectivity index (χ3v) is 1.80. The summed E-state index contributed by atoms with van der Waals surface area (Å²) in [4.78, 5) is 0. The number of fused-ring (bicyclic) bond motifs is 1. The Morgan fingerprint density at radius 2 is 2.67 bits per heavy atom. The number of nitrogens with one attached hydrogen (secondary N) is 1. The van der Waals surface area contributed by atoms with Crippen molar-refractivity contribution in [2.75, 3.05) is 0 Å². The van der Waals surface area contributed by atoms with E-state index in [1.165, 1.54) is 12.1 Å². The van der Waals surface area contributed by atoms with Crippen LogP contribution in [0.4, 0.5) is 0 Å². The van der Waals surface area contributed by atoms with Gasteiger partial charge in [-0.3, -0.25) is 4.31 Å². The summed E-state index contributed by atoms with van der Waals surface area (Å²) in [6, 6.07) is 0. The molecule has 3 heteroatoms. The Kier molecular flexibility index (Phi) is 1.02. The average molecular weight is 136 g/mol. The average Bonchev–Trinajstić information content (AvgIpc) is 2.33. The van der Waals surface area contributed by atoms with Crippen LogP contribution in [0, 0.1) is 12.2 Å². The molecular formula is C6H4N2S. The van der Waals surface area contributed by atoms with Gasteiger partial charge in [0.05, 0.1) is 17.8 Å². The first-order valence-corrected chi connectivity index (χ1v) is 3.34. The largest absolute Gasteiger partial charge is 0.316 e. The maximum atomic E-state index is 3.02. The van der Waals surface area contributed by atoms with Crippen LogP contribution >= 0.6 is 12.1 Å². The topological polar surface area (TPSA) is 15.3 Å². The minimum atomic E-state index is 1.05. The molecule has 0 aromatic heterocycles. The molecule has 9 heavy (non-hydrogen) atoms. The van der Waals surface area contributed by atoms with Gasteiger partial charge in [0, 0.05) is 24.6 Å². The van der Waals surface area contributed by atoms with Crippen molar-refractivity contribution in [3.8, 4) is 0 Å². The molecule has 0 atom stereocenters. The Morgan fingerprint density at radius 3 is 3.56 bits per heavy atom. The van der Waals surface area contributed by atoms with E-state index in [1.807, 2.05) is 16.7 Å². The van der Waals surface area contributed by atoms with Gasteiger partial charge in [0.2, 0.25) is 0 Å². The minimum Gasteiger partial charge on any atom is -0.316 e. The molecule has 2 nitrogen and oxygen atoms in total. The van der Waals surface area contributed by atoms with E-state index >= 15 is 0 Å². The zero-order valence-electron chi connectivity index (χ0n) is 4.59. The lowest BCUT2D eigenvalue weighted by molar-refractivity contribution is 0.794. The monoisotopic (exact) mass is 136 g/mol. The lowest BCUT2D eigenvalue weighted by Crippen LogP contribution is -2.03. The molecule has 2 aliphatic rings. The van der Waals surface area contributed by atoms with Gasteiger partial charge in [0.25, 0.3) is 0 Å². The quantitative estimate of drug-likeness (QED) is 0.500. The molecule has 2 radical (unpaired) electrons. The molecule has 2 heterocycles. The molecule has 0 unspecified atom stereocenters. The Balaban J connectivity index is 2.33. The predicted octanol–water partition coefficient (Wildman–Crippen LogP) is 0.986. The van der Waals surface area contributed by atoms with Crippen molar-refractivity contribution in [1.82, 2.24) is 9.03 Å². The van der Waals surface area contributed by atoms with Gasteiger partial charge < -0.3 is 4.72 Å². The normalized spacial score (nSPS) is 21.3. The third-order valence-electron chi connectivity index (χ3n) is 1.08. The molecule has 0 aromatic carbocycles. The van der Waals surface area contributed by atoms with E-state index in [1.54, 1.807) is 6.08 Å². The predicted molar refractivity (Wildman–Crippen MR) is 36.3 cm³/mol. The van der Waals surface area contributed by atoms with Crippen molar-refractivity contribution in [3.63, 3.8) is 0 Å². The van der Waals surface area contributed by atoms with E-state index < -0.39 is 0 Å². The molecule has 2 aliphatic heterocycles. The lowest BCUT2D eigenvalue weighted by atomic mass is 10.3. The van der Waals surface area contributed by atoms with Crippen LogP contribution in [0.15, 0.2) is 24.2 Å². The van der Waals surface area contributed by atoms with Crippen LogP contribution in [0.3, 0.4) is 0 Å². The van der Waals surface area contributed by atoms with Gasteiger partial charge >= 0.3 is 0 Å². The Hall–Kier alpha value is -0.830. The molecular weight excluding hydrogens is 132 g/mol. The summed E-state index contributed by atoms with van der Waals surface area (Å²) in [5.41, 5.74) is 1.05.